The van der Waals surface area contributed by atoms with E-state index in [1.807, 2.05) is 0 Å². The van der Waals surface area contributed by atoms with Gasteiger partial charge in [0.15, 0.2) is 0 Å². The maximum Gasteiger partial charge on any atom is 0.0182 e. The Morgan fingerprint density at radius 1 is 0.452 bits per heavy atom. The zero-order valence-corrected chi connectivity index (χ0v) is 24.0. The first-order valence-electron chi connectivity index (χ1n) is 14.4. The zero-order valence-electron chi connectivity index (χ0n) is 22.3. The van der Waals surface area contributed by atoms with Crippen molar-refractivity contribution in [3.05, 3.63) is 0 Å². The summed E-state index contributed by atoms with van der Waals surface area (Å²) in [5.74, 6) is 0.758. The number of hydrogen-bond acceptors (Lipinski definition) is 1. The molecule has 0 aliphatic rings. The van der Waals surface area contributed by atoms with Crippen LogP contribution in [-0.4, -0.2) is 5.54 Å². The molecule has 1 nitrogen and oxygen atoms in total. The molecule has 0 saturated heterocycles. The van der Waals surface area contributed by atoms with Crippen molar-refractivity contribution < 1.29 is 0 Å². The second-order valence-corrected chi connectivity index (χ2v) is 10.3. The quantitative estimate of drug-likeness (QED) is 0.130. The van der Waals surface area contributed by atoms with Crippen LogP contribution in [0.5, 0.6) is 0 Å². The first kappa shape index (κ1) is 33.6. The van der Waals surface area contributed by atoms with Gasteiger partial charge >= 0.3 is 0 Å². The van der Waals surface area contributed by atoms with Crippen molar-refractivity contribution in [1.82, 2.24) is 0 Å². The van der Waals surface area contributed by atoms with Crippen molar-refractivity contribution in [1.29, 1.82) is 0 Å². The van der Waals surface area contributed by atoms with E-state index < -0.39 is 0 Å². The number of hydrogen-bond donors (Lipinski definition) is 1. The van der Waals surface area contributed by atoms with Crippen molar-refractivity contribution in [2.75, 3.05) is 0 Å². The van der Waals surface area contributed by atoms with E-state index in [9.17, 15) is 0 Å². The van der Waals surface area contributed by atoms with Gasteiger partial charge in [0, 0.05) is 5.54 Å². The summed E-state index contributed by atoms with van der Waals surface area (Å²) in [5.41, 5.74) is 7.43. The molecule has 0 aromatic rings. The van der Waals surface area contributed by atoms with Gasteiger partial charge in [0.05, 0.1) is 0 Å². The Labute approximate surface area is 209 Å². The third kappa shape index (κ3) is 19.6. The van der Waals surface area contributed by atoms with Crippen molar-refractivity contribution in [2.24, 2.45) is 11.7 Å². The summed E-state index contributed by atoms with van der Waals surface area (Å²) in [4.78, 5) is 0. The number of rotatable bonds is 24. The molecular weight excluding hydrogens is 442 g/mol. The molecule has 0 heterocycles. The van der Waals surface area contributed by atoms with E-state index in [1.54, 1.807) is 0 Å². The first-order valence-corrected chi connectivity index (χ1v) is 14.4. The Morgan fingerprint density at radius 2 is 0.742 bits per heavy atom. The van der Waals surface area contributed by atoms with Crippen molar-refractivity contribution in [3.63, 3.8) is 0 Å². The average molecular weight is 505 g/mol. The highest BCUT2D eigenvalue weighted by Crippen LogP contribution is 2.35. The summed E-state index contributed by atoms with van der Waals surface area (Å²) in [6.07, 6.45) is 31.6. The molecule has 2 N–H and O–H groups in total. The second-order valence-electron chi connectivity index (χ2n) is 10.3. The van der Waals surface area contributed by atoms with Crippen LogP contribution in [0.4, 0.5) is 0 Å². The summed E-state index contributed by atoms with van der Waals surface area (Å²) < 4.78 is 0. The molecule has 0 rings (SSSR count). The first-order chi connectivity index (χ1) is 14.6. The van der Waals surface area contributed by atoms with Crippen LogP contribution in [0.3, 0.4) is 0 Å². The third-order valence-corrected chi connectivity index (χ3v) is 7.37. The highest BCUT2D eigenvalue weighted by Gasteiger charge is 2.33. The van der Waals surface area contributed by atoms with Gasteiger partial charge in [-0.2, -0.15) is 0 Å². The molecule has 0 aromatic heterocycles. The predicted molar refractivity (Wildman–Crippen MR) is 150 cm³/mol. The molecule has 0 saturated carbocycles. The van der Waals surface area contributed by atoms with E-state index in [-0.39, 0.29) is 22.5 Å². The van der Waals surface area contributed by atoms with Gasteiger partial charge in [-0.15, -0.1) is 17.0 Å². The standard InChI is InChI=1S/C29H61N.BrH/c1-5-9-13-17-21-25-28(24-20-16-12-8-4)29(30,26-22-18-14-10-6-2)27-23-19-15-11-7-3;/h28H,5-27,30H2,1-4H3;1H. The molecule has 2 heteroatoms. The molecule has 0 bridgehead atoms. The van der Waals surface area contributed by atoms with Gasteiger partial charge in [-0.1, -0.05) is 150 Å². The molecule has 0 aliphatic carbocycles. The van der Waals surface area contributed by atoms with Crippen LogP contribution in [-0.2, 0) is 0 Å². The molecule has 0 aliphatic heterocycles. The smallest absolute Gasteiger partial charge is 0.0182 e. The molecule has 0 radical (unpaired) electrons. The monoisotopic (exact) mass is 503 g/mol. The van der Waals surface area contributed by atoms with E-state index in [4.69, 9.17) is 5.73 Å². The fourth-order valence-corrected chi connectivity index (χ4v) is 5.18. The lowest BCUT2D eigenvalue weighted by atomic mass is 9.72. The van der Waals surface area contributed by atoms with Gasteiger partial charge in [0.2, 0.25) is 0 Å². The van der Waals surface area contributed by atoms with E-state index in [0.29, 0.717) is 0 Å². The molecule has 0 amide bonds. The fraction of sp³-hybridized carbons (Fsp3) is 1.00. The van der Waals surface area contributed by atoms with Gasteiger partial charge in [-0.05, 0) is 31.6 Å². The predicted octanol–water partition coefficient (Wildman–Crippen LogP) is 10.9. The van der Waals surface area contributed by atoms with E-state index >= 15 is 0 Å². The van der Waals surface area contributed by atoms with Crippen LogP contribution in [0, 0.1) is 5.92 Å². The van der Waals surface area contributed by atoms with Crippen molar-refractivity contribution in [3.8, 4) is 0 Å². The lowest BCUT2D eigenvalue weighted by Crippen LogP contribution is -2.47. The Balaban J connectivity index is 0. The van der Waals surface area contributed by atoms with Crippen molar-refractivity contribution >= 4 is 17.0 Å². The van der Waals surface area contributed by atoms with E-state index in [2.05, 4.69) is 27.7 Å². The molecule has 190 valence electrons. The largest absolute Gasteiger partial charge is 0.325 e. The normalized spacial score (nSPS) is 12.7. The number of halogens is 1. The number of unbranched alkanes of at least 4 members (excludes halogenated alkanes) is 15. The summed E-state index contributed by atoms with van der Waals surface area (Å²) in [7, 11) is 0. The van der Waals surface area contributed by atoms with Crippen LogP contribution >= 0.6 is 17.0 Å². The Hall–Kier alpha value is 0.440. The zero-order chi connectivity index (χ0) is 22.3. The maximum absolute atomic E-state index is 7.33. The second kappa shape index (κ2) is 25.1. The summed E-state index contributed by atoms with van der Waals surface area (Å²) in [6.45, 7) is 9.27. The SMILES string of the molecule is Br.CCCCCCCC(CCCCCC)C(N)(CCCCCCC)CCCCCCC. The minimum Gasteiger partial charge on any atom is -0.325 e. The highest BCUT2D eigenvalue weighted by atomic mass is 79.9. The molecule has 0 aromatic carbocycles. The molecule has 0 fully saturated rings. The Morgan fingerprint density at radius 3 is 1.10 bits per heavy atom. The molecule has 1 atom stereocenters. The van der Waals surface area contributed by atoms with Crippen LogP contribution in [0.1, 0.15) is 175 Å². The summed E-state index contributed by atoms with van der Waals surface area (Å²) in [6, 6.07) is 0. The van der Waals surface area contributed by atoms with Gasteiger partial charge < -0.3 is 5.73 Å². The van der Waals surface area contributed by atoms with E-state index in [0.717, 1.165) is 5.92 Å². The van der Waals surface area contributed by atoms with Crippen LogP contribution in [0.2, 0.25) is 0 Å². The highest BCUT2D eigenvalue weighted by molar-refractivity contribution is 8.93. The van der Waals surface area contributed by atoms with Gasteiger partial charge in [-0.25, -0.2) is 0 Å². The van der Waals surface area contributed by atoms with Crippen LogP contribution in [0.25, 0.3) is 0 Å². The summed E-state index contributed by atoms with van der Waals surface area (Å²) in [5, 5.41) is 0. The Bertz CT molecular complexity index is 317. The Kier molecular flexibility index (Phi) is 27.2. The maximum atomic E-state index is 7.33. The van der Waals surface area contributed by atoms with E-state index in [1.165, 1.54) is 148 Å². The fourth-order valence-electron chi connectivity index (χ4n) is 5.18. The minimum atomic E-state index is 0. The molecule has 0 spiro atoms. The lowest BCUT2D eigenvalue weighted by molar-refractivity contribution is 0.189. The summed E-state index contributed by atoms with van der Waals surface area (Å²) >= 11 is 0. The lowest BCUT2D eigenvalue weighted by Gasteiger charge is -2.39. The average Bonchev–Trinajstić information content (AvgIpc) is 2.74. The molecular formula is C29H62BrN. The molecule has 1 unspecified atom stereocenters. The van der Waals surface area contributed by atoms with Crippen LogP contribution < -0.4 is 5.73 Å². The van der Waals surface area contributed by atoms with Gasteiger partial charge in [0.25, 0.3) is 0 Å². The van der Waals surface area contributed by atoms with Gasteiger partial charge in [-0.3, -0.25) is 0 Å². The number of nitrogens with two attached hydrogens (primary N) is 1. The third-order valence-electron chi connectivity index (χ3n) is 7.37. The molecule has 31 heavy (non-hydrogen) atoms. The van der Waals surface area contributed by atoms with Crippen LogP contribution in [0.15, 0.2) is 0 Å². The van der Waals surface area contributed by atoms with Crippen molar-refractivity contribution in [2.45, 2.75) is 181 Å². The van der Waals surface area contributed by atoms with Gasteiger partial charge in [0.1, 0.15) is 0 Å². The minimum absolute atomic E-state index is 0. The topological polar surface area (TPSA) is 26.0 Å².